The quantitative estimate of drug-likeness (QED) is 0.455. The van der Waals surface area contributed by atoms with Gasteiger partial charge in [0, 0.05) is 42.2 Å². The normalized spacial score (nSPS) is 11.1. The van der Waals surface area contributed by atoms with E-state index in [4.69, 9.17) is 4.98 Å². The van der Waals surface area contributed by atoms with Crippen molar-refractivity contribution in [2.45, 2.75) is 26.2 Å². The standard InChI is InChI=1S/C26H31N5O/c1-20-19-27-24(15-7-12-21-10-5-4-6-11-21)30-26(20)29-23-14-8-13-22(18-23)28-25(32)16-9-17-31(2)3/h4-6,8-11,13-14,16,18-19H,7,12,15,17H2,1-3H3,(H,28,32)(H,27,29,30)/b16-9+. The van der Waals surface area contributed by atoms with Crippen LogP contribution in [0.2, 0.25) is 0 Å². The van der Waals surface area contributed by atoms with E-state index >= 15 is 0 Å². The number of nitrogens with zero attached hydrogens (tertiary/aromatic N) is 3. The van der Waals surface area contributed by atoms with Crippen molar-refractivity contribution >= 4 is 23.1 Å². The maximum atomic E-state index is 12.1. The van der Waals surface area contributed by atoms with E-state index in [0.29, 0.717) is 0 Å². The van der Waals surface area contributed by atoms with E-state index in [1.54, 1.807) is 6.08 Å². The second-order valence-corrected chi connectivity index (χ2v) is 8.02. The van der Waals surface area contributed by atoms with Crippen molar-refractivity contribution in [2.75, 3.05) is 31.3 Å². The largest absolute Gasteiger partial charge is 0.340 e. The molecule has 2 N–H and O–H groups in total. The van der Waals surface area contributed by atoms with Gasteiger partial charge in [0.05, 0.1) is 0 Å². The molecule has 0 aliphatic heterocycles. The summed E-state index contributed by atoms with van der Waals surface area (Å²) in [6.07, 6.45) is 8.06. The van der Waals surface area contributed by atoms with Gasteiger partial charge in [-0.2, -0.15) is 0 Å². The number of likely N-dealkylation sites (N-methyl/N-ethyl adjacent to an activating group) is 1. The number of carbonyl (C=O) groups is 1. The molecule has 0 fully saturated rings. The fourth-order valence-electron chi connectivity index (χ4n) is 3.19. The molecule has 0 radical (unpaired) electrons. The number of anilines is 3. The van der Waals surface area contributed by atoms with Gasteiger partial charge in [0.1, 0.15) is 11.6 Å². The topological polar surface area (TPSA) is 70.1 Å². The average Bonchev–Trinajstić information content (AvgIpc) is 2.77. The van der Waals surface area contributed by atoms with E-state index < -0.39 is 0 Å². The molecule has 6 nitrogen and oxygen atoms in total. The minimum atomic E-state index is -0.150. The van der Waals surface area contributed by atoms with Crippen molar-refractivity contribution in [3.63, 3.8) is 0 Å². The Morgan fingerprint density at radius 3 is 2.59 bits per heavy atom. The summed E-state index contributed by atoms with van der Waals surface area (Å²) in [6, 6.07) is 18.1. The first-order valence-corrected chi connectivity index (χ1v) is 10.9. The first-order valence-electron chi connectivity index (χ1n) is 10.9. The first-order chi connectivity index (χ1) is 15.5. The summed E-state index contributed by atoms with van der Waals surface area (Å²) in [7, 11) is 3.92. The Labute approximate surface area is 190 Å². The van der Waals surface area contributed by atoms with E-state index in [0.717, 1.165) is 54.4 Å². The van der Waals surface area contributed by atoms with Gasteiger partial charge in [-0.3, -0.25) is 4.79 Å². The van der Waals surface area contributed by atoms with Crippen molar-refractivity contribution in [1.29, 1.82) is 0 Å². The van der Waals surface area contributed by atoms with Crippen LogP contribution in [-0.4, -0.2) is 41.4 Å². The second-order valence-electron chi connectivity index (χ2n) is 8.02. The van der Waals surface area contributed by atoms with Crippen molar-refractivity contribution in [1.82, 2.24) is 14.9 Å². The molecular formula is C26H31N5O. The molecule has 0 aliphatic carbocycles. The molecule has 3 rings (SSSR count). The van der Waals surface area contributed by atoms with E-state index in [1.807, 2.05) is 68.5 Å². The number of benzene rings is 2. The van der Waals surface area contributed by atoms with Crippen molar-refractivity contribution in [3.8, 4) is 0 Å². The summed E-state index contributed by atoms with van der Waals surface area (Å²) in [6.45, 7) is 2.70. The second kappa shape index (κ2) is 11.8. The van der Waals surface area contributed by atoms with Crippen molar-refractivity contribution in [3.05, 3.63) is 89.9 Å². The third-order valence-electron chi connectivity index (χ3n) is 4.86. The number of nitrogens with one attached hydrogen (secondary N) is 2. The Morgan fingerprint density at radius 2 is 1.81 bits per heavy atom. The SMILES string of the molecule is Cc1cnc(CCCc2ccccc2)nc1Nc1cccc(NC(=O)/C=C/CN(C)C)c1. The lowest BCUT2D eigenvalue weighted by molar-refractivity contribution is -0.111. The molecule has 0 spiro atoms. The Kier molecular flexibility index (Phi) is 8.52. The van der Waals surface area contributed by atoms with Crippen LogP contribution < -0.4 is 10.6 Å². The van der Waals surface area contributed by atoms with E-state index in [-0.39, 0.29) is 5.91 Å². The highest BCUT2D eigenvalue weighted by atomic mass is 16.1. The predicted molar refractivity (Wildman–Crippen MR) is 131 cm³/mol. The maximum absolute atomic E-state index is 12.1. The molecule has 0 atom stereocenters. The van der Waals surface area contributed by atoms with Crippen LogP contribution in [0.5, 0.6) is 0 Å². The molecule has 1 amide bonds. The number of carbonyl (C=O) groups excluding carboxylic acids is 1. The van der Waals surface area contributed by atoms with E-state index in [1.165, 1.54) is 5.56 Å². The van der Waals surface area contributed by atoms with Gasteiger partial charge in [-0.15, -0.1) is 0 Å². The van der Waals surface area contributed by atoms with E-state index in [9.17, 15) is 4.79 Å². The smallest absolute Gasteiger partial charge is 0.248 e. The lowest BCUT2D eigenvalue weighted by atomic mass is 10.1. The monoisotopic (exact) mass is 429 g/mol. The summed E-state index contributed by atoms with van der Waals surface area (Å²) in [4.78, 5) is 23.3. The maximum Gasteiger partial charge on any atom is 0.248 e. The van der Waals surface area contributed by atoms with Crippen LogP contribution in [0.4, 0.5) is 17.2 Å². The molecule has 166 valence electrons. The Hall–Kier alpha value is -3.51. The van der Waals surface area contributed by atoms with Gasteiger partial charge in [0.15, 0.2) is 0 Å². The van der Waals surface area contributed by atoms with Crippen LogP contribution in [0.3, 0.4) is 0 Å². The third-order valence-corrected chi connectivity index (χ3v) is 4.86. The number of hydrogen-bond acceptors (Lipinski definition) is 5. The zero-order valence-electron chi connectivity index (χ0n) is 19.0. The summed E-state index contributed by atoms with van der Waals surface area (Å²) < 4.78 is 0. The van der Waals surface area contributed by atoms with Crippen LogP contribution in [-0.2, 0) is 17.6 Å². The molecule has 2 aromatic carbocycles. The molecule has 0 saturated carbocycles. The first kappa shape index (κ1) is 23.2. The van der Waals surface area contributed by atoms with Gasteiger partial charge in [0.2, 0.25) is 5.91 Å². The van der Waals surface area contributed by atoms with Gasteiger partial charge >= 0.3 is 0 Å². The summed E-state index contributed by atoms with van der Waals surface area (Å²) >= 11 is 0. The molecule has 32 heavy (non-hydrogen) atoms. The molecule has 0 bridgehead atoms. The Morgan fingerprint density at radius 1 is 1.03 bits per heavy atom. The van der Waals surface area contributed by atoms with Crippen molar-refractivity contribution in [2.24, 2.45) is 0 Å². The fourth-order valence-corrected chi connectivity index (χ4v) is 3.19. The van der Waals surface area contributed by atoms with Crippen LogP contribution >= 0.6 is 0 Å². The lowest BCUT2D eigenvalue weighted by Crippen LogP contribution is -2.13. The molecule has 0 saturated heterocycles. The minimum absolute atomic E-state index is 0.150. The lowest BCUT2D eigenvalue weighted by Gasteiger charge is -2.11. The van der Waals surface area contributed by atoms with Crippen LogP contribution in [0.1, 0.15) is 23.4 Å². The highest BCUT2D eigenvalue weighted by Crippen LogP contribution is 2.21. The Bertz CT molecular complexity index is 1050. The third kappa shape index (κ3) is 7.63. The number of hydrogen-bond donors (Lipinski definition) is 2. The zero-order valence-corrected chi connectivity index (χ0v) is 19.0. The molecule has 1 heterocycles. The highest BCUT2D eigenvalue weighted by molar-refractivity contribution is 5.99. The molecule has 0 aliphatic rings. The number of aromatic nitrogens is 2. The minimum Gasteiger partial charge on any atom is -0.340 e. The van der Waals surface area contributed by atoms with Gasteiger partial charge in [0.25, 0.3) is 0 Å². The van der Waals surface area contributed by atoms with Gasteiger partial charge < -0.3 is 15.5 Å². The van der Waals surface area contributed by atoms with Crippen LogP contribution in [0.15, 0.2) is 72.9 Å². The van der Waals surface area contributed by atoms with Crippen molar-refractivity contribution < 1.29 is 4.79 Å². The number of aryl methyl sites for hydroxylation is 3. The highest BCUT2D eigenvalue weighted by Gasteiger charge is 2.06. The fraction of sp³-hybridized carbons (Fsp3) is 0.269. The van der Waals surface area contributed by atoms with Gasteiger partial charge in [-0.25, -0.2) is 9.97 Å². The molecule has 6 heteroatoms. The predicted octanol–water partition coefficient (Wildman–Crippen LogP) is 4.76. The molecule has 3 aromatic rings. The summed E-state index contributed by atoms with van der Waals surface area (Å²) in [5, 5.41) is 6.26. The van der Waals surface area contributed by atoms with Gasteiger partial charge in [-0.1, -0.05) is 42.5 Å². The summed E-state index contributed by atoms with van der Waals surface area (Å²) in [5.41, 5.74) is 3.88. The molecular weight excluding hydrogens is 398 g/mol. The zero-order chi connectivity index (χ0) is 22.8. The number of rotatable bonds is 10. The van der Waals surface area contributed by atoms with E-state index in [2.05, 4.69) is 39.9 Å². The summed E-state index contributed by atoms with van der Waals surface area (Å²) in [5.74, 6) is 1.46. The molecule has 0 unspecified atom stereocenters. The van der Waals surface area contributed by atoms with Crippen LogP contribution in [0, 0.1) is 6.92 Å². The Balaban J connectivity index is 1.60. The van der Waals surface area contributed by atoms with Crippen LogP contribution in [0.25, 0.3) is 0 Å². The number of amides is 1. The molecule has 1 aromatic heterocycles. The van der Waals surface area contributed by atoms with Gasteiger partial charge in [-0.05, 0) is 57.6 Å². The average molecular weight is 430 g/mol.